The Morgan fingerprint density at radius 1 is 0.906 bits per heavy atom. The molecule has 32 heavy (non-hydrogen) atoms. The van der Waals surface area contributed by atoms with Crippen molar-refractivity contribution in [3.8, 4) is 0 Å². The first-order valence-corrected chi connectivity index (χ1v) is 10.6. The zero-order valence-corrected chi connectivity index (χ0v) is 17.6. The summed E-state index contributed by atoms with van der Waals surface area (Å²) < 4.78 is 27.5. The highest BCUT2D eigenvalue weighted by molar-refractivity contribution is 7.92. The molecular formula is C19H14ClN5O6S. The number of anilines is 2. The van der Waals surface area contributed by atoms with Crippen LogP contribution in [-0.2, 0) is 10.0 Å². The minimum Gasteiger partial charge on any atom is -0.280 e. The summed E-state index contributed by atoms with van der Waals surface area (Å²) in [6, 6.07) is 14.7. The molecule has 0 aliphatic carbocycles. The minimum absolute atomic E-state index is 0.0430. The molecule has 0 aromatic heterocycles. The zero-order chi connectivity index (χ0) is 23.3. The lowest BCUT2D eigenvalue weighted by Crippen LogP contribution is -2.13. The first kappa shape index (κ1) is 22.7. The van der Waals surface area contributed by atoms with Gasteiger partial charge >= 0.3 is 0 Å². The van der Waals surface area contributed by atoms with Gasteiger partial charge in [0.05, 0.1) is 21.0 Å². The van der Waals surface area contributed by atoms with Crippen molar-refractivity contribution in [1.82, 2.24) is 0 Å². The van der Waals surface area contributed by atoms with Crippen molar-refractivity contribution in [3.05, 3.63) is 97.5 Å². The molecule has 0 radical (unpaired) electrons. The Hall–Kier alpha value is -4.03. The number of halogens is 1. The smallest absolute Gasteiger partial charge is 0.280 e. The van der Waals surface area contributed by atoms with Gasteiger partial charge in [0.25, 0.3) is 21.4 Å². The van der Waals surface area contributed by atoms with E-state index in [1.165, 1.54) is 66.9 Å². The number of hydrazone groups is 1. The second-order valence-corrected chi connectivity index (χ2v) is 8.39. The Kier molecular flexibility index (Phi) is 6.66. The van der Waals surface area contributed by atoms with Crippen LogP contribution < -0.4 is 10.1 Å². The number of hydrogen-bond acceptors (Lipinski definition) is 8. The van der Waals surface area contributed by atoms with Gasteiger partial charge in [0.2, 0.25) is 0 Å². The molecule has 0 unspecified atom stereocenters. The number of sulfonamides is 1. The molecule has 0 spiro atoms. The van der Waals surface area contributed by atoms with E-state index in [0.717, 1.165) is 6.07 Å². The highest BCUT2D eigenvalue weighted by atomic mass is 35.5. The predicted octanol–water partition coefficient (Wildman–Crippen LogP) is 4.40. The quantitative estimate of drug-likeness (QED) is 0.277. The van der Waals surface area contributed by atoms with E-state index in [-0.39, 0.29) is 22.0 Å². The third-order valence-electron chi connectivity index (χ3n) is 4.08. The second kappa shape index (κ2) is 9.41. The van der Waals surface area contributed by atoms with Gasteiger partial charge in [-0.1, -0.05) is 11.6 Å². The summed E-state index contributed by atoms with van der Waals surface area (Å²) in [6.07, 6.45) is 1.31. The fraction of sp³-hybridized carbons (Fsp3) is 0. The van der Waals surface area contributed by atoms with Crippen LogP contribution in [0.1, 0.15) is 5.56 Å². The maximum atomic E-state index is 12.6. The summed E-state index contributed by atoms with van der Waals surface area (Å²) in [7, 11) is -4.09. The summed E-state index contributed by atoms with van der Waals surface area (Å²) in [4.78, 5) is 20.5. The van der Waals surface area contributed by atoms with E-state index in [0.29, 0.717) is 10.6 Å². The molecular weight excluding hydrogens is 462 g/mol. The third-order valence-corrected chi connectivity index (χ3v) is 5.71. The molecule has 3 rings (SSSR count). The Labute approximate surface area is 186 Å². The first-order valence-electron chi connectivity index (χ1n) is 8.76. The Bertz CT molecular complexity index is 1290. The lowest BCUT2D eigenvalue weighted by Gasteiger charge is -2.09. The van der Waals surface area contributed by atoms with Gasteiger partial charge in [-0.05, 0) is 54.1 Å². The molecule has 11 nitrogen and oxygen atoms in total. The van der Waals surface area contributed by atoms with Crippen molar-refractivity contribution in [1.29, 1.82) is 0 Å². The largest absolute Gasteiger partial charge is 0.295 e. The standard InChI is InChI=1S/C19H14ClN5O6S/c20-14-3-5-15(6-4-14)23-32(30,31)17-9-10-18(19(11-17)25(28)29)22-21-12-13-1-7-16(8-2-13)24(26)27/h1-12,22-23H. The van der Waals surface area contributed by atoms with Gasteiger partial charge in [-0.25, -0.2) is 8.42 Å². The van der Waals surface area contributed by atoms with E-state index < -0.39 is 25.6 Å². The van der Waals surface area contributed by atoms with E-state index >= 15 is 0 Å². The van der Waals surface area contributed by atoms with Crippen LogP contribution in [0.4, 0.5) is 22.7 Å². The van der Waals surface area contributed by atoms with Crippen molar-refractivity contribution in [2.24, 2.45) is 5.10 Å². The maximum Gasteiger partial charge on any atom is 0.295 e. The van der Waals surface area contributed by atoms with Crippen molar-refractivity contribution >= 4 is 50.6 Å². The van der Waals surface area contributed by atoms with Gasteiger partial charge < -0.3 is 0 Å². The number of rotatable bonds is 8. The van der Waals surface area contributed by atoms with E-state index in [9.17, 15) is 28.6 Å². The summed E-state index contributed by atoms with van der Waals surface area (Å²) in [5, 5.41) is 26.4. The molecule has 3 aromatic rings. The SMILES string of the molecule is O=[N+]([O-])c1ccc(C=NNc2ccc(S(=O)(=O)Nc3ccc(Cl)cc3)cc2[N+](=O)[O-])cc1. The molecule has 0 atom stereocenters. The fourth-order valence-corrected chi connectivity index (χ4v) is 3.72. The molecule has 0 fully saturated rings. The zero-order valence-electron chi connectivity index (χ0n) is 16.0. The number of hydrogen-bond donors (Lipinski definition) is 2. The number of nitrogens with zero attached hydrogens (tertiary/aromatic N) is 3. The molecule has 2 N–H and O–H groups in total. The molecule has 0 aliphatic rings. The molecule has 3 aromatic carbocycles. The second-order valence-electron chi connectivity index (χ2n) is 6.27. The van der Waals surface area contributed by atoms with Crippen LogP contribution in [0.15, 0.2) is 76.7 Å². The van der Waals surface area contributed by atoms with Crippen molar-refractivity contribution < 1.29 is 18.3 Å². The highest BCUT2D eigenvalue weighted by Crippen LogP contribution is 2.29. The molecule has 164 valence electrons. The molecule has 0 amide bonds. The Morgan fingerprint density at radius 3 is 2.16 bits per heavy atom. The van der Waals surface area contributed by atoms with Crippen LogP contribution in [0.3, 0.4) is 0 Å². The molecule has 0 aliphatic heterocycles. The molecule has 0 bridgehead atoms. The number of non-ortho nitro benzene ring substituents is 1. The fourth-order valence-electron chi connectivity index (χ4n) is 2.51. The lowest BCUT2D eigenvalue weighted by molar-refractivity contribution is -0.384. The van der Waals surface area contributed by atoms with Gasteiger partial charge in [0.15, 0.2) is 0 Å². The third kappa shape index (κ3) is 5.56. The van der Waals surface area contributed by atoms with Crippen LogP contribution in [0.2, 0.25) is 5.02 Å². The number of nitrogens with one attached hydrogen (secondary N) is 2. The monoisotopic (exact) mass is 475 g/mol. The predicted molar refractivity (Wildman–Crippen MR) is 120 cm³/mol. The van der Waals surface area contributed by atoms with E-state index in [1.807, 2.05) is 0 Å². The van der Waals surface area contributed by atoms with Crippen LogP contribution in [0, 0.1) is 20.2 Å². The van der Waals surface area contributed by atoms with Gasteiger partial charge in [-0.15, -0.1) is 0 Å². The first-order chi connectivity index (χ1) is 15.2. The number of nitro groups is 2. The number of benzene rings is 3. The molecule has 0 saturated heterocycles. The van der Waals surface area contributed by atoms with Crippen molar-refractivity contribution in [2.75, 3.05) is 10.1 Å². The van der Waals surface area contributed by atoms with Crippen LogP contribution >= 0.6 is 11.6 Å². The van der Waals surface area contributed by atoms with Crippen molar-refractivity contribution in [3.63, 3.8) is 0 Å². The Morgan fingerprint density at radius 2 is 1.56 bits per heavy atom. The molecule has 0 heterocycles. The highest BCUT2D eigenvalue weighted by Gasteiger charge is 2.21. The van der Waals surface area contributed by atoms with Gasteiger partial charge in [-0.2, -0.15) is 5.10 Å². The number of nitro benzene ring substituents is 2. The van der Waals surface area contributed by atoms with Crippen molar-refractivity contribution in [2.45, 2.75) is 4.90 Å². The summed E-state index contributed by atoms with van der Waals surface area (Å²) in [5.41, 5.74) is 2.59. The molecule has 13 heteroatoms. The van der Waals surface area contributed by atoms with Crippen LogP contribution in [0.25, 0.3) is 0 Å². The van der Waals surface area contributed by atoms with Crippen LogP contribution in [-0.4, -0.2) is 24.5 Å². The summed E-state index contributed by atoms with van der Waals surface area (Å²) in [5.74, 6) is 0. The lowest BCUT2D eigenvalue weighted by atomic mass is 10.2. The normalized spacial score (nSPS) is 11.3. The minimum atomic E-state index is -4.09. The summed E-state index contributed by atoms with van der Waals surface area (Å²) >= 11 is 5.78. The van der Waals surface area contributed by atoms with Gasteiger partial charge in [0.1, 0.15) is 5.69 Å². The topological polar surface area (TPSA) is 157 Å². The van der Waals surface area contributed by atoms with Gasteiger partial charge in [-0.3, -0.25) is 30.4 Å². The summed E-state index contributed by atoms with van der Waals surface area (Å²) in [6.45, 7) is 0. The van der Waals surface area contributed by atoms with E-state index in [4.69, 9.17) is 11.6 Å². The van der Waals surface area contributed by atoms with Gasteiger partial charge in [0, 0.05) is 28.9 Å². The Balaban J connectivity index is 1.80. The molecule has 0 saturated carbocycles. The van der Waals surface area contributed by atoms with E-state index in [2.05, 4.69) is 15.2 Å². The van der Waals surface area contributed by atoms with E-state index in [1.54, 1.807) is 0 Å². The maximum absolute atomic E-state index is 12.6. The average molecular weight is 476 g/mol. The van der Waals surface area contributed by atoms with Crippen LogP contribution in [0.5, 0.6) is 0 Å². The average Bonchev–Trinajstić information content (AvgIpc) is 2.75.